The second-order valence-electron chi connectivity index (χ2n) is 6.68. The van der Waals surface area contributed by atoms with Crippen LogP contribution in [0.5, 0.6) is 5.75 Å². The van der Waals surface area contributed by atoms with Crippen LogP contribution in [0.15, 0.2) is 23.0 Å². The molecule has 0 saturated heterocycles. The highest BCUT2D eigenvalue weighted by atomic mass is 16.5. The Morgan fingerprint density at radius 3 is 2.92 bits per heavy atom. The molecule has 3 rings (SSSR count). The summed E-state index contributed by atoms with van der Waals surface area (Å²) in [4.78, 5) is 31.9. The zero-order valence-electron chi connectivity index (χ0n) is 15.5. The molecule has 0 radical (unpaired) electrons. The zero-order valence-corrected chi connectivity index (χ0v) is 15.5. The summed E-state index contributed by atoms with van der Waals surface area (Å²) in [5, 5.41) is 3.08. The quantitative estimate of drug-likeness (QED) is 0.862. The fourth-order valence-electron chi connectivity index (χ4n) is 3.52. The van der Waals surface area contributed by atoms with Crippen LogP contribution in [0.3, 0.4) is 0 Å². The summed E-state index contributed by atoms with van der Waals surface area (Å²) in [6, 6.07) is 5.95. The van der Waals surface area contributed by atoms with Crippen LogP contribution in [-0.4, -0.2) is 23.0 Å². The van der Waals surface area contributed by atoms with Crippen LogP contribution in [0.4, 0.5) is 0 Å². The standard InChI is InChI=1S/C20H25N3O3/c1-4-18-21-12(2)16(20(25)23-18)11-19(24)22-17-7-5-6-13-10-14(26-3)8-9-15(13)17/h8-10,17H,4-7,11H2,1-3H3,(H,22,24)(H,21,23,25)/t17-/m0/s1. The molecule has 0 bridgehead atoms. The number of aryl methyl sites for hydroxylation is 3. The Morgan fingerprint density at radius 1 is 1.42 bits per heavy atom. The van der Waals surface area contributed by atoms with Gasteiger partial charge in [0.25, 0.3) is 5.56 Å². The first-order chi connectivity index (χ1) is 12.5. The highest BCUT2D eigenvalue weighted by molar-refractivity contribution is 5.79. The number of amides is 1. The van der Waals surface area contributed by atoms with Crippen molar-refractivity contribution in [2.24, 2.45) is 0 Å². The highest BCUT2D eigenvalue weighted by Gasteiger charge is 2.23. The van der Waals surface area contributed by atoms with Crippen LogP contribution in [0.2, 0.25) is 0 Å². The SMILES string of the molecule is CCc1nc(C)c(CC(=O)N[C@H]2CCCc3cc(OC)ccc32)c(=O)[nH]1. The normalized spacial score (nSPS) is 16.0. The Bertz CT molecular complexity index is 873. The molecular formula is C20H25N3O3. The van der Waals surface area contributed by atoms with Crippen LogP contribution in [0, 0.1) is 6.92 Å². The smallest absolute Gasteiger partial charge is 0.254 e. The number of nitrogens with zero attached hydrogens (tertiary/aromatic N) is 1. The first-order valence-corrected chi connectivity index (χ1v) is 9.06. The van der Waals surface area contributed by atoms with Crippen LogP contribution >= 0.6 is 0 Å². The average Bonchev–Trinajstić information content (AvgIpc) is 2.64. The Kier molecular flexibility index (Phi) is 5.40. The van der Waals surface area contributed by atoms with E-state index in [4.69, 9.17) is 4.74 Å². The number of fused-ring (bicyclic) bond motifs is 1. The maximum Gasteiger partial charge on any atom is 0.254 e. The summed E-state index contributed by atoms with van der Waals surface area (Å²) in [7, 11) is 1.65. The van der Waals surface area contributed by atoms with Crippen molar-refractivity contribution in [1.82, 2.24) is 15.3 Å². The number of aromatic nitrogens is 2. The largest absolute Gasteiger partial charge is 0.497 e. The van der Waals surface area contributed by atoms with Gasteiger partial charge in [0.15, 0.2) is 0 Å². The van der Waals surface area contributed by atoms with Crippen molar-refractivity contribution in [2.45, 2.75) is 52.0 Å². The van der Waals surface area contributed by atoms with Gasteiger partial charge < -0.3 is 15.0 Å². The molecule has 6 heteroatoms. The number of ether oxygens (including phenoxy) is 1. The molecule has 2 aromatic rings. The molecule has 1 aromatic heterocycles. The molecule has 138 valence electrons. The molecule has 1 atom stereocenters. The third kappa shape index (κ3) is 3.79. The zero-order chi connectivity index (χ0) is 18.7. The number of methoxy groups -OCH3 is 1. The minimum absolute atomic E-state index is 0.0283. The molecule has 0 aliphatic heterocycles. The van der Waals surface area contributed by atoms with Gasteiger partial charge in [-0.3, -0.25) is 9.59 Å². The molecule has 2 N–H and O–H groups in total. The molecule has 1 amide bonds. The van der Waals surface area contributed by atoms with E-state index in [0.717, 1.165) is 30.6 Å². The van der Waals surface area contributed by atoms with Crippen molar-refractivity contribution in [3.8, 4) is 5.75 Å². The number of benzene rings is 1. The second kappa shape index (κ2) is 7.72. The Labute approximate surface area is 153 Å². The molecule has 0 saturated carbocycles. The Morgan fingerprint density at radius 2 is 2.23 bits per heavy atom. The fraction of sp³-hybridized carbons (Fsp3) is 0.450. The van der Waals surface area contributed by atoms with Gasteiger partial charge in [-0.2, -0.15) is 0 Å². The van der Waals surface area contributed by atoms with E-state index in [9.17, 15) is 9.59 Å². The lowest BCUT2D eigenvalue weighted by Crippen LogP contribution is -2.34. The predicted molar refractivity (Wildman–Crippen MR) is 99.5 cm³/mol. The average molecular weight is 355 g/mol. The molecule has 26 heavy (non-hydrogen) atoms. The number of hydrogen-bond acceptors (Lipinski definition) is 4. The summed E-state index contributed by atoms with van der Waals surface area (Å²) in [5.41, 5.74) is 3.18. The topological polar surface area (TPSA) is 84.1 Å². The van der Waals surface area contributed by atoms with E-state index in [1.807, 2.05) is 25.1 Å². The van der Waals surface area contributed by atoms with Gasteiger partial charge in [0.05, 0.1) is 19.6 Å². The van der Waals surface area contributed by atoms with Gasteiger partial charge >= 0.3 is 0 Å². The van der Waals surface area contributed by atoms with E-state index >= 15 is 0 Å². The lowest BCUT2D eigenvalue weighted by molar-refractivity contribution is -0.121. The van der Waals surface area contributed by atoms with Crippen LogP contribution < -0.4 is 15.6 Å². The molecule has 1 aliphatic rings. The van der Waals surface area contributed by atoms with E-state index < -0.39 is 0 Å². The van der Waals surface area contributed by atoms with Crippen molar-refractivity contribution >= 4 is 5.91 Å². The molecule has 1 aromatic carbocycles. The van der Waals surface area contributed by atoms with E-state index in [2.05, 4.69) is 15.3 Å². The van der Waals surface area contributed by atoms with Gasteiger partial charge in [-0.05, 0) is 49.4 Å². The summed E-state index contributed by atoms with van der Waals surface area (Å²) in [6.07, 6.45) is 3.59. The van der Waals surface area contributed by atoms with Crippen molar-refractivity contribution in [1.29, 1.82) is 0 Å². The van der Waals surface area contributed by atoms with Gasteiger partial charge in [0.2, 0.25) is 5.91 Å². The maximum atomic E-state index is 12.6. The number of H-pyrrole nitrogens is 1. The van der Waals surface area contributed by atoms with Gasteiger partial charge in [-0.1, -0.05) is 13.0 Å². The molecular weight excluding hydrogens is 330 g/mol. The van der Waals surface area contributed by atoms with E-state index in [-0.39, 0.29) is 23.9 Å². The highest BCUT2D eigenvalue weighted by Crippen LogP contribution is 2.32. The minimum Gasteiger partial charge on any atom is -0.497 e. The third-order valence-corrected chi connectivity index (χ3v) is 4.94. The number of hydrogen-bond donors (Lipinski definition) is 2. The fourth-order valence-corrected chi connectivity index (χ4v) is 3.52. The molecule has 1 aliphatic carbocycles. The second-order valence-corrected chi connectivity index (χ2v) is 6.68. The predicted octanol–water partition coefficient (Wildman–Crippen LogP) is 2.39. The van der Waals surface area contributed by atoms with Crippen LogP contribution in [0.25, 0.3) is 0 Å². The Hall–Kier alpha value is -2.63. The number of aromatic amines is 1. The van der Waals surface area contributed by atoms with Crippen molar-refractivity contribution in [3.05, 3.63) is 56.8 Å². The molecule has 6 nitrogen and oxygen atoms in total. The first kappa shape index (κ1) is 18.2. The van der Waals surface area contributed by atoms with Gasteiger partial charge in [-0.15, -0.1) is 0 Å². The minimum atomic E-state index is -0.224. The first-order valence-electron chi connectivity index (χ1n) is 9.06. The third-order valence-electron chi connectivity index (χ3n) is 4.94. The van der Waals surface area contributed by atoms with Crippen molar-refractivity contribution in [3.63, 3.8) is 0 Å². The van der Waals surface area contributed by atoms with E-state index in [1.54, 1.807) is 14.0 Å². The monoisotopic (exact) mass is 355 g/mol. The van der Waals surface area contributed by atoms with Crippen molar-refractivity contribution < 1.29 is 9.53 Å². The molecule has 0 fully saturated rings. The van der Waals surface area contributed by atoms with Crippen molar-refractivity contribution in [2.75, 3.05) is 7.11 Å². The molecule has 0 spiro atoms. The van der Waals surface area contributed by atoms with Crippen LogP contribution in [-0.2, 0) is 24.1 Å². The summed E-state index contributed by atoms with van der Waals surface area (Å²) < 4.78 is 5.29. The summed E-state index contributed by atoms with van der Waals surface area (Å²) in [6.45, 7) is 3.71. The molecule has 1 heterocycles. The molecule has 0 unspecified atom stereocenters. The van der Waals surface area contributed by atoms with E-state index in [0.29, 0.717) is 23.5 Å². The number of carbonyl (C=O) groups is 1. The lowest BCUT2D eigenvalue weighted by atomic mass is 9.87. The summed E-state index contributed by atoms with van der Waals surface area (Å²) in [5.74, 6) is 1.32. The number of nitrogens with one attached hydrogen (secondary N) is 2. The van der Waals surface area contributed by atoms with Gasteiger partial charge in [-0.25, -0.2) is 4.98 Å². The summed E-state index contributed by atoms with van der Waals surface area (Å²) >= 11 is 0. The van der Waals surface area contributed by atoms with Crippen LogP contribution in [0.1, 0.15) is 54.0 Å². The lowest BCUT2D eigenvalue weighted by Gasteiger charge is -2.27. The van der Waals surface area contributed by atoms with Gasteiger partial charge in [0, 0.05) is 17.7 Å². The van der Waals surface area contributed by atoms with E-state index in [1.165, 1.54) is 5.56 Å². The Balaban J connectivity index is 1.75. The van der Waals surface area contributed by atoms with Gasteiger partial charge in [0.1, 0.15) is 11.6 Å². The number of carbonyl (C=O) groups excluding carboxylic acids is 1. The number of rotatable bonds is 5. The maximum absolute atomic E-state index is 12.6.